The molecule has 1 rings (SSSR count). The van der Waals surface area contributed by atoms with Gasteiger partial charge in [0.15, 0.2) is 0 Å². The third-order valence-corrected chi connectivity index (χ3v) is 3.09. The zero-order valence-corrected chi connectivity index (χ0v) is 13.9. The maximum absolute atomic E-state index is 11.3. The Morgan fingerprint density at radius 3 is 1.73 bits per heavy atom. The fourth-order valence-corrected chi connectivity index (χ4v) is 2.27. The molecule has 0 saturated heterocycles. The highest BCUT2D eigenvalue weighted by Gasteiger charge is 2.31. The van der Waals surface area contributed by atoms with Crippen LogP contribution >= 0.6 is 0 Å². The minimum atomic E-state index is -0.931. The van der Waals surface area contributed by atoms with E-state index in [4.69, 9.17) is 20.9 Å². The Labute approximate surface area is 130 Å². The lowest BCUT2D eigenvalue weighted by Gasteiger charge is -2.30. The fraction of sp³-hybridized carbons (Fsp3) is 0.500. The second kappa shape index (κ2) is 5.87. The number of benzene rings is 1. The molecular formula is C16H24N2O4. The number of carbonyl (C=O) groups excluding carboxylic acids is 2. The van der Waals surface area contributed by atoms with E-state index in [-0.39, 0.29) is 11.2 Å². The first kappa shape index (κ1) is 17.8. The molecule has 22 heavy (non-hydrogen) atoms. The SMILES string of the molecule is CC(C)(C)c1ccc(OC(N)=O)c(C(C)(C)C)c1OC(N)=O. The lowest BCUT2D eigenvalue weighted by Crippen LogP contribution is -2.26. The number of hydrogen-bond donors (Lipinski definition) is 2. The summed E-state index contributed by atoms with van der Waals surface area (Å²) in [6.45, 7) is 11.7. The van der Waals surface area contributed by atoms with Gasteiger partial charge in [-0.15, -0.1) is 0 Å². The number of nitrogens with two attached hydrogens (primary N) is 2. The summed E-state index contributed by atoms with van der Waals surface area (Å²) in [5.74, 6) is 0.565. The third-order valence-electron chi connectivity index (χ3n) is 3.09. The van der Waals surface area contributed by atoms with Crippen molar-refractivity contribution >= 4 is 12.2 Å². The molecule has 0 aliphatic rings. The fourth-order valence-electron chi connectivity index (χ4n) is 2.27. The molecule has 0 atom stereocenters. The monoisotopic (exact) mass is 308 g/mol. The van der Waals surface area contributed by atoms with Crippen LogP contribution in [0.5, 0.6) is 11.5 Å². The van der Waals surface area contributed by atoms with E-state index in [0.717, 1.165) is 5.56 Å². The van der Waals surface area contributed by atoms with Gasteiger partial charge in [-0.1, -0.05) is 47.6 Å². The normalized spacial score (nSPS) is 11.9. The maximum atomic E-state index is 11.3. The molecule has 2 amide bonds. The summed E-state index contributed by atoms with van der Waals surface area (Å²) in [5, 5.41) is 0. The van der Waals surface area contributed by atoms with Gasteiger partial charge < -0.3 is 20.9 Å². The van der Waals surface area contributed by atoms with Crippen LogP contribution in [0.25, 0.3) is 0 Å². The molecule has 0 saturated carbocycles. The average molecular weight is 308 g/mol. The molecule has 0 unspecified atom stereocenters. The van der Waals surface area contributed by atoms with Gasteiger partial charge in [-0.2, -0.15) is 0 Å². The minimum Gasteiger partial charge on any atom is -0.410 e. The highest BCUT2D eigenvalue weighted by molar-refractivity contribution is 5.73. The molecule has 122 valence electrons. The number of carbonyl (C=O) groups is 2. The van der Waals surface area contributed by atoms with Crippen LogP contribution in [-0.2, 0) is 10.8 Å². The molecule has 0 spiro atoms. The van der Waals surface area contributed by atoms with E-state index in [1.54, 1.807) is 12.1 Å². The van der Waals surface area contributed by atoms with Crippen LogP contribution in [-0.4, -0.2) is 12.2 Å². The molecule has 0 heterocycles. The summed E-state index contributed by atoms with van der Waals surface area (Å²) in [4.78, 5) is 22.5. The smallest absolute Gasteiger partial charge is 0.409 e. The first-order valence-electron chi connectivity index (χ1n) is 6.96. The van der Waals surface area contributed by atoms with Gasteiger partial charge in [0.25, 0.3) is 0 Å². The summed E-state index contributed by atoms with van der Waals surface area (Å²) in [6, 6.07) is 3.39. The second-order valence-electron chi connectivity index (χ2n) is 7.16. The molecule has 0 aliphatic heterocycles. The number of hydrogen-bond acceptors (Lipinski definition) is 4. The molecule has 1 aromatic rings. The highest BCUT2D eigenvalue weighted by atomic mass is 16.6. The zero-order chi connectivity index (χ0) is 17.3. The second-order valence-corrected chi connectivity index (χ2v) is 7.16. The molecule has 0 aliphatic carbocycles. The van der Waals surface area contributed by atoms with Crippen molar-refractivity contribution in [1.29, 1.82) is 0 Å². The first-order chi connectivity index (χ1) is 9.84. The lowest BCUT2D eigenvalue weighted by molar-refractivity contribution is 0.206. The van der Waals surface area contributed by atoms with Crippen LogP contribution in [0.4, 0.5) is 9.59 Å². The van der Waals surface area contributed by atoms with Gasteiger partial charge in [-0.3, -0.25) is 0 Å². The van der Waals surface area contributed by atoms with E-state index in [2.05, 4.69) is 0 Å². The molecule has 6 heteroatoms. The van der Waals surface area contributed by atoms with E-state index in [0.29, 0.717) is 11.3 Å². The summed E-state index contributed by atoms with van der Waals surface area (Å²) in [5.41, 5.74) is 10.9. The predicted molar refractivity (Wildman–Crippen MR) is 84.3 cm³/mol. The topological polar surface area (TPSA) is 105 Å². The van der Waals surface area contributed by atoms with Crippen molar-refractivity contribution < 1.29 is 19.1 Å². The quantitative estimate of drug-likeness (QED) is 0.875. The maximum Gasteiger partial charge on any atom is 0.409 e. The summed E-state index contributed by atoms with van der Waals surface area (Å²) < 4.78 is 10.3. The van der Waals surface area contributed by atoms with Crippen molar-refractivity contribution in [1.82, 2.24) is 0 Å². The van der Waals surface area contributed by atoms with Crippen LogP contribution in [0.2, 0.25) is 0 Å². The van der Waals surface area contributed by atoms with Crippen LogP contribution in [0, 0.1) is 0 Å². The van der Waals surface area contributed by atoms with Gasteiger partial charge in [-0.25, -0.2) is 9.59 Å². The summed E-state index contributed by atoms with van der Waals surface area (Å²) >= 11 is 0. The Kier molecular flexibility index (Phi) is 4.75. The van der Waals surface area contributed by atoms with Gasteiger partial charge >= 0.3 is 12.2 Å². The highest BCUT2D eigenvalue weighted by Crippen LogP contribution is 2.44. The van der Waals surface area contributed by atoms with Crippen molar-refractivity contribution in [2.24, 2.45) is 11.5 Å². The summed E-state index contributed by atoms with van der Waals surface area (Å²) in [7, 11) is 0. The molecule has 6 nitrogen and oxygen atoms in total. The molecule has 0 aromatic heterocycles. The van der Waals surface area contributed by atoms with Crippen LogP contribution < -0.4 is 20.9 Å². The zero-order valence-electron chi connectivity index (χ0n) is 13.9. The van der Waals surface area contributed by atoms with E-state index < -0.39 is 17.6 Å². The van der Waals surface area contributed by atoms with Crippen molar-refractivity contribution in [3.8, 4) is 11.5 Å². The number of primary amides is 2. The molecule has 4 N–H and O–H groups in total. The van der Waals surface area contributed by atoms with Gasteiger partial charge in [0.05, 0.1) is 0 Å². The molecule has 0 fully saturated rings. The Hall–Kier alpha value is -2.24. The molecule has 1 aromatic carbocycles. The first-order valence-corrected chi connectivity index (χ1v) is 6.96. The molecular weight excluding hydrogens is 284 g/mol. The van der Waals surface area contributed by atoms with Gasteiger partial charge in [0.1, 0.15) is 11.5 Å². The average Bonchev–Trinajstić information content (AvgIpc) is 2.23. The van der Waals surface area contributed by atoms with Gasteiger partial charge in [0, 0.05) is 11.1 Å². The Morgan fingerprint density at radius 1 is 0.864 bits per heavy atom. The van der Waals surface area contributed by atoms with Crippen molar-refractivity contribution in [3.63, 3.8) is 0 Å². The van der Waals surface area contributed by atoms with Crippen molar-refractivity contribution in [2.75, 3.05) is 0 Å². The van der Waals surface area contributed by atoms with E-state index >= 15 is 0 Å². The largest absolute Gasteiger partial charge is 0.410 e. The minimum absolute atomic E-state index is 0.254. The van der Waals surface area contributed by atoms with Crippen LogP contribution in [0.3, 0.4) is 0 Å². The van der Waals surface area contributed by atoms with E-state index in [1.165, 1.54) is 0 Å². The third kappa shape index (κ3) is 4.13. The van der Waals surface area contributed by atoms with Gasteiger partial charge in [-0.05, 0) is 16.9 Å². The Balaban J connectivity index is 3.74. The van der Waals surface area contributed by atoms with Crippen molar-refractivity contribution in [3.05, 3.63) is 23.3 Å². The Bertz CT molecular complexity index is 595. The molecule has 0 radical (unpaired) electrons. The predicted octanol–water partition coefficient (Wildman–Crippen LogP) is 3.20. The number of ether oxygens (including phenoxy) is 2. The van der Waals surface area contributed by atoms with Crippen LogP contribution in [0.15, 0.2) is 12.1 Å². The lowest BCUT2D eigenvalue weighted by atomic mass is 9.79. The Morgan fingerprint density at radius 2 is 1.36 bits per heavy atom. The standard InChI is InChI=1S/C16H24N2O4/c1-15(2,3)9-7-8-10(21-13(17)19)11(16(4,5)6)12(9)22-14(18)20/h7-8H,1-6H3,(H2,17,19)(H2,18,20). The summed E-state index contributed by atoms with van der Waals surface area (Å²) in [6.07, 6.45) is -1.86. The van der Waals surface area contributed by atoms with E-state index in [9.17, 15) is 9.59 Å². The van der Waals surface area contributed by atoms with Crippen molar-refractivity contribution in [2.45, 2.75) is 52.4 Å². The van der Waals surface area contributed by atoms with Crippen LogP contribution in [0.1, 0.15) is 52.7 Å². The number of amides is 2. The molecule has 0 bridgehead atoms. The van der Waals surface area contributed by atoms with E-state index in [1.807, 2.05) is 41.5 Å². The number of rotatable bonds is 2. The van der Waals surface area contributed by atoms with Gasteiger partial charge in [0.2, 0.25) is 0 Å².